The van der Waals surface area contributed by atoms with Crippen LogP contribution >= 0.6 is 0 Å². The van der Waals surface area contributed by atoms with Crippen molar-refractivity contribution in [2.45, 2.75) is 51.1 Å². The van der Waals surface area contributed by atoms with E-state index in [0.717, 1.165) is 35.6 Å². The normalized spacial score (nSPS) is 20.3. The predicted molar refractivity (Wildman–Crippen MR) is 104 cm³/mol. The largest absolute Gasteiger partial charge is 0.434 e. The molecule has 0 unspecified atom stereocenters. The van der Waals surface area contributed by atoms with Crippen molar-refractivity contribution in [2.75, 3.05) is 0 Å². The van der Waals surface area contributed by atoms with Crippen molar-refractivity contribution in [1.82, 2.24) is 0 Å². The molecule has 1 aliphatic rings. The molecular formula is C23H26F2O. The number of benzene rings is 2. The molecule has 1 aliphatic carbocycles. The lowest BCUT2D eigenvalue weighted by atomic mass is 9.78. The summed E-state index contributed by atoms with van der Waals surface area (Å²) < 4.78 is 30.8. The number of allylic oxidation sites excluding steroid dienone is 2. The van der Waals surface area contributed by atoms with Gasteiger partial charge in [-0.05, 0) is 66.9 Å². The van der Waals surface area contributed by atoms with Gasteiger partial charge in [-0.2, -0.15) is 8.78 Å². The van der Waals surface area contributed by atoms with Crippen LogP contribution in [0.1, 0.15) is 49.1 Å². The molecule has 138 valence electrons. The Hall–Kier alpha value is -2.16. The summed E-state index contributed by atoms with van der Waals surface area (Å²) in [5.41, 5.74) is 2.10. The van der Waals surface area contributed by atoms with Crippen molar-refractivity contribution in [2.24, 2.45) is 5.92 Å². The molecule has 1 fully saturated rings. The molecule has 1 nitrogen and oxygen atoms in total. The van der Waals surface area contributed by atoms with E-state index in [1.807, 2.05) is 18.2 Å². The fourth-order valence-corrected chi connectivity index (χ4v) is 3.99. The molecule has 3 rings (SSSR count). The molecule has 0 bridgehead atoms. The summed E-state index contributed by atoms with van der Waals surface area (Å²) >= 11 is 0. The average molecular weight is 356 g/mol. The molecule has 0 saturated heterocycles. The smallest absolute Gasteiger partial charge is 0.387 e. The number of hydrogen-bond acceptors (Lipinski definition) is 1. The minimum absolute atomic E-state index is 0.307. The number of fused-ring (bicyclic) bond motifs is 1. The Kier molecular flexibility index (Phi) is 6.08. The Labute approximate surface area is 154 Å². The lowest BCUT2D eigenvalue weighted by Crippen LogP contribution is -2.11. The number of aryl methyl sites for hydroxylation is 1. The second kappa shape index (κ2) is 8.48. The molecular weight excluding hydrogens is 330 g/mol. The first-order valence-electron chi connectivity index (χ1n) is 9.36. The van der Waals surface area contributed by atoms with Gasteiger partial charge >= 0.3 is 6.61 Å². The van der Waals surface area contributed by atoms with Gasteiger partial charge in [0.1, 0.15) is 5.75 Å². The SMILES string of the molecule is C=CCCc1ccc2cc(C3CCC(C=C)CC3)ccc2c1OC(F)F. The van der Waals surface area contributed by atoms with Gasteiger partial charge in [-0.25, -0.2) is 0 Å². The minimum atomic E-state index is -2.82. The Balaban J connectivity index is 1.92. The van der Waals surface area contributed by atoms with E-state index in [0.29, 0.717) is 24.0 Å². The summed E-state index contributed by atoms with van der Waals surface area (Å²) in [6, 6.07) is 10.1. The molecule has 0 aromatic heterocycles. The molecule has 0 aliphatic heterocycles. The van der Waals surface area contributed by atoms with E-state index in [1.54, 1.807) is 6.08 Å². The van der Waals surface area contributed by atoms with E-state index < -0.39 is 6.61 Å². The zero-order valence-corrected chi connectivity index (χ0v) is 15.1. The molecule has 2 aromatic rings. The molecule has 0 heterocycles. The van der Waals surface area contributed by atoms with Crippen molar-refractivity contribution in [3.8, 4) is 5.75 Å². The first-order chi connectivity index (χ1) is 12.6. The summed E-state index contributed by atoms with van der Waals surface area (Å²) in [4.78, 5) is 0. The van der Waals surface area contributed by atoms with Crippen molar-refractivity contribution >= 4 is 10.8 Å². The molecule has 0 radical (unpaired) electrons. The van der Waals surface area contributed by atoms with E-state index >= 15 is 0 Å². The fraction of sp³-hybridized carbons (Fsp3) is 0.391. The summed E-state index contributed by atoms with van der Waals surface area (Å²) in [6.07, 6.45) is 9.89. The standard InChI is InChI=1S/C23H26F2O/c1-3-5-6-18-11-12-20-15-19(17-9-7-16(4-2)8-10-17)13-14-21(20)22(18)26-23(24)25/h3-4,11-17,23H,1-2,5-10H2. The lowest BCUT2D eigenvalue weighted by Gasteiger charge is -2.27. The maximum absolute atomic E-state index is 12.9. The van der Waals surface area contributed by atoms with Crippen molar-refractivity contribution < 1.29 is 13.5 Å². The zero-order valence-electron chi connectivity index (χ0n) is 15.1. The quantitative estimate of drug-likeness (QED) is 0.484. The second-order valence-electron chi connectivity index (χ2n) is 7.09. The molecule has 2 aromatic carbocycles. The number of halogens is 2. The van der Waals surface area contributed by atoms with Crippen LogP contribution in [-0.4, -0.2) is 6.61 Å². The van der Waals surface area contributed by atoms with E-state index in [1.165, 1.54) is 18.4 Å². The summed E-state index contributed by atoms with van der Waals surface area (Å²) in [6.45, 7) is 4.79. The van der Waals surface area contributed by atoms with Crippen molar-refractivity contribution in [3.05, 3.63) is 66.8 Å². The summed E-state index contributed by atoms with van der Waals surface area (Å²) in [7, 11) is 0. The van der Waals surface area contributed by atoms with Gasteiger partial charge < -0.3 is 4.74 Å². The van der Waals surface area contributed by atoms with Crippen LogP contribution in [0.4, 0.5) is 8.78 Å². The Bertz CT molecular complexity index is 773. The number of ether oxygens (including phenoxy) is 1. The second-order valence-corrected chi connectivity index (χ2v) is 7.09. The highest BCUT2D eigenvalue weighted by atomic mass is 19.3. The van der Waals surface area contributed by atoms with Gasteiger partial charge in [0.05, 0.1) is 0 Å². The van der Waals surface area contributed by atoms with E-state index in [9.17, 15) is 8.78 Å². The van der Waals surface area contributed by atoms with Gasteiger partial charge in [-0.1, -0.05) is 42.5 Å². The Morgan fingerprint density at radius 1 is 1.08 bits per heavy atom. The maximum atomic E-state index is 12.9. The molecule has 26 heavy (non-hydrogen) atoms. The Morgan fingerprint density at radius 3 is 2.50 bits per heavy atom. The summed E-state index contributed by atoms with van der Waals surface area (Å²) in [5.74, 6) is 1.47. The van der Waals surface area contributed by atoms with Crippen LogP contribution in [-0.2, 0) is 6.42 Å². The van der Waals surface area contributed by atoms with Crippen LogP contribution in [0.2, 0.25) is 0 Å². The van der Waals surface area contributed by atoms with E-state index in [2.05, 4.69) is 31.4 Å². The highest BCUT2D eigenvalue weighted by molar-refractivity contribution is 5.90. The van der Waals surface area contributed by atoms with Crippen LogP contribution < -0.4 is 4.74 Å². The summed E-state index contributed by atoms with van der Waals surface area (Å²) in [5, 5.41) is 1.72. The highest BCUT2D eigenvalue weighted by Gasteiger charge is 2.21. The third-order valence-electron chi connectivity index (χ3n) is 5.48. The van der Waals surface area contributed by atoms with Crippen LogP contribution in [0.25, 0.3) is 10.8 Å². The average Bonchev–Trinajstić information content (AvgIpc) is 2.66. The predicted octanol–water partition coefficient (Wildman–Crippen LogP) is 7.02. The monoisotopic (exact) mass is 356 g/mol. The van der Waals surface area contributed by atoms with Gasteiger partial charge in [-0.15, -0.1) is 13.2 Å². The minimum Gasteiger partial charge on any atom is -0.434 e. The molecule has 0 atom stereocenters. The first kappa shape index (κ1) is 18.6. The first-order valence-corrected chi connectivity index (χ1v) is 9.36. The van der Waals surface area contributed by atoms with E-state index in [4.69, 9.17) is 4.74 Å². The van der Waals surface area contributed by atoms with Gasteiger partial charge in [-0.3, -0.25) is 0 Å². The van der Waals surface area contributed by atoms with Gasteiger partial charge in [0.2, 0.25) is 0 Å². The van der Waals surface area contributed by atoms with Crippen LogP contribution in [0.3, 0.4) is 0 Å². The zero-order chi connectivity index (χ0) is 18.5. The van der Waals surface area contributed by atoms with Crippen LogP contribution in [0.15, 0.2) is 55.6 Å². The van der Waals surface area contributed by atoms with Gasteiger partial charge in [0.25, 0.3) is 0 Å². The third-order valence-corrected chi connectivity index (χ3v) is 5.48. The maximum Gasteiger partial charge on any atom is 0.387 e. The fourth-order valence-electron chi connectivity index (χ4n) is 3.99. The third kappa shape index (κ3) is 4.14. The van der Waals surface area contributed by atoms with Crippen molar-refractivity contribution in [3.63, 3.8) is 0 Å². The van der Waals surface area contributed by atoms with Gasteiger partial charge in [0.15, 0.2) is 0 Å². The lowest BCUT2D eigenvalue weighted by molar-refractivity contribution is -0.0493. The highest BCUT2D eigenvalue weighted by Crippen LogP contribution is 2.39. The molecule has 0 spiro atoms. The van der Waals surface area contributed by atoms with Gasteiger partial charge in [0, 0.05) is 5.39 Å². The molecule has 0 amide bonds. The topological polar surface area (TPSA) is 9.23 Å². The van der Waals surface area contributed by atoms with Crippen LogP contribution in [0.5, 0.6) is 5.75 Å². The number of alkyl halides is 2. The number of hydrogen-bond donors (Lipinski definition) is 0. The Morgan fingerprint density at radius 2 is 1.85 bits per heavy atom. The molecule has 1 saturated carbocycles. The molecule has 3 heteroatoms. The van der Waals surface area contributed by atoms with Crippen LogP contribution in [0, 0.1) is 5.92 Å². The van der Waals surface area contributed by atoms with Crippen molar-refractivity contribution in [1.29, 1.82) is 0 Å². The number of rotatable bonds is 7. The van der Waals surface area contributed by atoms with E-state index in [-0.39, 0.29) is 0 Å². The molecule has 0 N–H and O–H groups in total.